The predicted molar refractivity (Wildman–Crippen MR) is 142 cm³/mol. The van der Waals surface area contributed by atoms with Crippen molar-refractivity contribution in [2.75, 3.05) is 25.4 Å². The third-order valence-electron chi connectivity index (χ3n) is 6.26. The first kappa shape index (κ1) is 33.4. The number of amides is 1. The van der Waals surface area contributed by atoms with Gasteiger partial charge in [0.1, 0.15) is 5.75 Å². The number of halogens is 8. The fourth-order valence-corrected chi connectivity index (χ4v) is 4.78. The number of aromatic nitrogens is 2. The minimum absolute atomic E-state index is 0. The minimum atomic E-state index is -5.07. The van der Waals surface area contributed by atoms with E-state index in [-0.39, 0.29) is 67.8 Å². The van der Waals surface area contributed by atoms with E-state index in [9.17, 15) is 36.2 Å². The number of benzene rings is 2. The van der Waals surface area contributed by atoms with Gasteiger partial charge in [0.05, 0.1) is 17.7 Å². The molecule has 0 aliphatic carbocycles. The Labute approximate surface area is 242 Å². The molecule has 1 aromatic heterocycles. The number of hydrogen-bond acceptors (Lipinski definition) is 7. The number of nitrogens with zero attached hydrogens (tertiary/aromatic N) is 4. The van der Waals surface area contributed by atoms with Gasteiger partial charge < -0.3 is 15.7 Å². The van der Waals surface area contributed by atoms with Crippen molar-refractivity contribution in [1.82, 2.24) is 19.2 Å². The van der Waals surface area contributed by atoms with Crippen LogP contribution in [-0.2, 0) is 25.3 Å². The highest BCUT2D eigenvalue weighted by Gasteiger charge is 2.39. The summed E-state index contributed by atoms with van der Waals surface area (Å²) in [6.07, 6.45) is -9.94. The Bertz CT molecular complexity index is 1310. The second-order valence-corrected chi connectivity index (χ2v) is 9.84. The van der Waals surface area contributed by atoms with E-state index in [1.165, 1.54) is 11.0 Å². The summed E-state index contributed by atoms with van der Waals surface area (Å²) in [7, 11) is 0. The molecule has 1 aliphatic heterocycles. The van der Waals surface area contributed by atoms with Gasteiger partial charge in [-0.15, -0.1) is 24.8 Å². The molecular formula is C24H25Cl2F6N5O2S. The summed E-state index contributed by atoms with van der Waals surface area (Å²) in [5.41, 5.74) is 3.10. The van der Waals surface area contributed by atoms with Crippen LogP contribution in [0.1, 0.15) is 38.4 Å². The second kappa shape index (κ2) is 12.8. The number of hydrogen-bond donors (Lipinski definition) is 2. The van der Waals surface area contributed by atoms with Gasteiger partial charge in [0, 0.05) is 42.8 Å². The predicted octanol–water partition coefficient (Wildman–Crippen LogP) is 5.58. The number of phenols is 1. The molecule has 1 aliphatic rings. The molecule has 1 saturated heterocycles. The highest BCUT2D eigenvalue weighted by atomic mass is 35.5. The molecule has 2 aromatic carbocycles. The fourth-order valence-electron chi connectivity index (χ4n) is 4.34. The monoisotopic (exact) mass is 631 g/mol. The molecule has 0 unspecified atom stereocenters. The molecule has 1 fully saturated rings. The van der Waals surface area contributed by atoms with Gasteiger partial charge >= 0.3 is 12.4 Å². The standard InChI is InChI=1S/C24H23F6N5O2S.2ClH/c1-13-2-3-14(7-19(13)36)6-18-11-34(12-20-32-22(31)38-33-20)4-5-35(18)21(37)15-8-16(23(25,26)27)10-17(9-15)24(28,29)30;;/h2-3,7-10,18,36H,4-6,11-12H2,1H3,(H2,31,32,33);2*1H/t18-;;/m1../s1. The van der Waals surface area contributed by atoms with Crippen LogP contribution in [0.3, 0.4) is 0 Å². The maximum atomic E-state index is 13.4. The summed E-state index contributed by atoms with van der Waals surface area (Å²) in [6.45, 7) is 2.57. The molecule has 7 nitrogen and oxygen atoms in total. The summed E-state index contributed by atoms with van der Waals surface area (Å²) in [5.74, 6) is -0.451. The lowest BCUT2D eigenvalue weighted by molar-refractivity contribution is -0.143. The summed E-state index contributed by atoms with van der Waals surface area (Å²) in [4.78, 5) is 20.8. The zero-order chi connectivity index (χ0) is 27.8. The molecule has 0 bridgehead atoms. The van der Waals surface area contributed by atoms with E-state index in [0.29, 0.717) is 35.6 Å². The van der Waals surface area contributed by atoms with Gasteiger partial charge in [0.25, 0.3) is 5.91 Å². The van der Waals surface area contributed by atoms with Crippen LogP contribution in [0.5, 0.6) is 5.75 Å². The zero-order valence-corrected chi connectivity index (χ0v) is 23.2. The third-order valence-corrected chi connectivity index (χ3v) is 6.84. The van der Waals surface area contributed by atoms with Crippen LogP contribution in [0.15, 0.2) is 36.4 Å². The van der Waals surface area contributed by atoms with Crippen LogP contribution in [0.4, 0.5) is 31.5 Å². The molecule has 3 N–H and O–H groups in total. The number of aryl methyl sites for hydroxylation is 1. The summed E-state index contributed by atoms with van der Waals surface area (Å²) in [5, 5.41) is 10.4. The maximum Gasteiger partial charge on any atom is 0.416 e. The third kappa shape index (κ3) is 7.89. The fraction of sp³-hybridized carbons (Fsp3) is 0.375. The van der Waals surface area contributed by atoms with E-state index in [2.05, 4.69) is 9.36 Å². The number of carbonyl (C=O) groups is 1. The van der Waals surface area contributed by atoms with Crippen molar-refractivity contribution in [1.29, 1.82) is 0 Å². The number of rotatable bonds is 5. The second-order valence-electron chi connectivity index (χ2n) is 9.06. The van der Waals surface area contributed by atoms with Crippen molar-refractivity contribution in [2.24, 2.45) is 0 Å². The van der Waals surface area contributed by atoms with Gasteiger partial charge in [-0.1, -0.05) is 12.1 Å². The molecule has 2 heterocycles. The van der Waals surface area contributed by atoms with Crippen LogP contribution in [0, 0.1) is 6.92 Å². The lowest BCUT2D eigenvalue weighted by Crippen LogP contribution is -2.55. The minimum Gasteiger partial charge on any atom is -0.508 e. The molecule has 220 valence electrons. The molecule has 40 heavy (non-hydrogen) atoms. The number of phenolic OH excluding ortho intramolecular Hbond substituents is 1. The van der Waals surface area contributed by atoms with E-state index in [1.54, 1.807) is 19.1 Å². The van der Waals surface area contributed by atoms with Crippen molar-refractivity contribution in [3.63, 3.8) is 0 Å². The van der Waals surface area contributed by atoms with Gasteiger partial charge in [0.15, 0.2) is 11.0 Å². The number of piperazine rings is 1. The number of nitrogen functional groups attached to an aromatic ring is 1. The Morgan fingerprint density at radius 3 is 2.20 bits per heavy atom. The number of aromatic hydroxyl groups is 1. The van der Waals surface area contributed by atoms with E-state index >= 15 is 0 Å². The highest BCUT2D eigenvalue weighted by Crippen LogP contribution is 2.37. The van der Waals surface area contributed by atoms with Crippen molar-refractivity contribution in [3.05, 3.63) is 70.0 Å². The van der Waals surface area contributed by atoms with Crippen molar-refractivity contribution < 1.29 is 36.2 Å². The van der Waals surface area contributed by atoms with Crippen molar-refractivity contribution in [2.45, 2.75) is 38.3 Å². The number of anilines is 1. The highest BCUT2D eigenvalue weighted by molar-refractivity contribution is 7.09. The normalized spacial score (nSPS) is 16.3. The van der Waals surface area contributed by atoms with Crippen molar-refractivity contribution >= 4 is 47.4 Å². The summed E-state index contributed by atoms with van der Waals surface area (Å²) in [6, 6.07) is 5.20. The zero-order valence-electron chi connectivity index (χ0n) is 20.8. The van der Waals surface area contributed by atoms with Crippen LogP contribution in [-0.4, -0.2) is 55.8 Å². The Morgan fingerprint density at radius 2 is 1.68 bits per heavy atom. The van der Waals surface area contributed by atoms with Crippen LogP contribution in [0.2, 0.25) is 0 Å². The molecule has 3 aromatic rings. The summed E-state index contributed by atoms with van der Waals surface area (Å²) < 4.78 is 84.5. The Balaban J connectivity index is 0.00000280. The van der Waals surface area contributed by atoms with Gasteiger partial charge in [-0.3, -0.25) is 9.69 Å². The molecular weight excluding hydrogens is 607 g/mol. The van der Waals surface area contributed by atoms with E-state index in [1.807, 2.05) is 4.90 Å². The smallest absolute Gasteiger partial charge is 0.416 e. The number of carbonyl (C=O) groups excluding carboxylic acids is 1. The van der Waals surface area contributed by atoms with Gasteiger partial charge in [-0.25, -0.2) is 4.98 Å². The lowest BCUT2D eigenvalue weighted by Gasteiger charge is -2.41. The van der Waals surface area contributed by atoms with Crippen LogP contribution in [0.25, 0.3) is 0 Å². The largest absolute Gasteiger partial charge is 0.508 e. The van der Waals surface area contributed by atoms with E-state index < -0.39 is 41.0 Å². The van der Waals surface area contributed by atoms with Crippen molar-refractivity contribution in [3.8, 4) is 5.75 Å². The molecule has 0 saturated carbocycles. The quantitative estimate of drug-likeness (QED) is 0.357. The van der Waals surface area contributed by atoms with E-state index in [0.717, 1.165) is 11.5 Å². The molecule has 0 spiro atoms. The first-order valence-corrected chi connectivity index (χ1v) is 12.2. The maximum absolute atomic E-state index is 13.4. The number of alkyl halides is 6. The first-order valence-electron chi connectivity index (χ1n) is 11.4. The molecule has 1 amide bonds. The topological polar surface area (TPSA) is 95.6 Å². The first-order chi connectivity index (χ1) is 17.7. The van der Waals surface area contributed by atoms with Gasteiger partial charge in [0.2, 0.25) is 0 Å². The molecule has 1 atom stereocenters. The number of nitrogens with two attached hydrogens (primary N) is 1. The van der Waals surface area contributed by atoms with Crippen LogP contribution < -0.4 is 5.73 Å². The van der Waals surface area contributed by atoms with Crippen LogP contribution >= 0.6 is 36.3 Å². The Kier molecular flexibility index (Phi) is 10.7. The Hall–Kier alpha value is -2.81. The average Bonchev–Trinajstić information content (AvgIpc) is 3.24. The van der Waals surface area contributed by atoms with Gasteiger partial charge in [-0.05, 0) is 48.7 Å². The molecule has 16 heteroatoms. The van der Waals surface area contributed by atoms with E-state index in [4.69, 9.17) is 5.73 Å². The Morgan fingerprint density at radius 1 is 1.05 bits per heavy atom. The summed E-state index contributed by atoms with van der Waals surface area (Å²) >= 11 is 1.02. The molecule has 0 radical (unpaired) electrons. The SMILES string of the molecule is Cc1ccc(C[C@@H]2CN(Cc3nsc(N)n3)CCN2C(=O)c2cc(C(F)(F)F)cc(C(F)(F)F)c2)cc1O.Cl.Cl. The average molecular weight is 632 g/mol. The molecule has 4 rings (SSSR count). The van der Waals surface area contributed by atoms with Gasteiger partial charge in [-0.2, -0.15) is 30.7 Å². The lowest BCUT2D eigenvalue weighted by atomic mass is 9.98.